The number of rotatable bonds is 5. The first-order valence-corrected chi connectivity index (χ1v) is 8.63. The van der Waals surface area contributed by atoms with Gasteiger partial charge in [-0.2, -0.15) is 4.98 Å². The van der Waals surface area contributed by atoms with Crippen LogP contribution >= 0.6 is 11.3 Å². The molecular formula is C15H23N5S. The van der Waals surface area contributed by atoms with Crippen molar-refractivity contribution in [2.45, 2.75) is 26.7 Å². The van der Waals surface area contributed by atoms with Gasteiger partial charge in [0.1, 0.15) is 10.6 Å². The minimum atomic E-state index is 0.868. The SMILES string of the molecule is CCCNc1nc(N2CCNCC2)nc2sc(CC)cc12. The van der Waals surface area contributed by atoms with E-state index in [1.807, 2.05) is 0 Å². The van der Waals surface area contributed by atoms with Gasteiger partial charge in [-0.1, -0.05) is 13.8 Å². The molecule has 1 fully saturated rings. The Morgan fingerprint density at radius 1 is 1.29 bits per heavy atom. The molecule has 0 aliphatic carbocycles. The standard InChI is InChI=1S/C15H23N5S/c1-3-5-17-13-12-10-11(4-2)21-14(12)19-15(18-13)20-8-6-16-7-9-20/h10,16H,3-9H2,1-2H3,(H,17,18,19). The summed E-state index contributed by atoms with van der Waals surface area (Å²) in [7, 11) is 0. The average molecular weight is 305 g/mol. The highest BCUT2D eigenvalue weighted by molar-refractivity contribution is 7.18. The largest absolute Gasteiger partial charge is 0.369 e. The van der Waals surface area contributed by atoms with Gasteiger partial charge >= 0.3 is 0 Å². The Morgan fingerprint density at radius 3 is 2.81 bits per heavy atom. The van der Waals surface area contributed by atoms with E-state index in [0.29, 0.717) is 0 Å². The number of thiophene rings is 1. The molecule has 2 aromatic rings. The van der Waals surface area contributed by atoms with E-state index in [1.165, 1.54) is 10.3 Å². The average Bonchev–Trinajstić information content (AvgIpc) is 2.96. The third kappa shape index (κ3) is 3.11. The zero-order valence-corrected chi connectivity index (χ0v) is 13.6. The van der Waals surface area contributed by atoms with Crippen molar-refractivity contribution < 1.29 is 0 Å². The van der Waals surface area contributed by atoms with E-state index in [9.17, 15) is 0 Å². The summed E-state index contributed by atoms with van der Waals surface area (Å²) in [5.41, 5.74) is 0. The van der Waals surface area contributed by atoms with Gasteiger partial charge in [0.15, 0.2) is 0 Å². The molecule has 0 radical (unpaired) electrons. The van der Waals surface area contributed by atoms with E-state index in [0.717, 1.165) is 62.2 Å². The lowest BCUT2D eigenvalue weighted by atomic mass is 10.3. The van der Waals surface area contributed by atoms with E-state index in [1.54, 1.807) is 11.3 Å². The van der Waals surface area contributed by atoms with Crippen LogP contribution in [0.3, 0.4) is 0 Å². The quantitative estimate of drug-likeness (QED) is 0.889. The van der Waals surface area contributed by atoms with Crippen LogP contribution in [0.2, 0.25) is 0 Å². The molecule has 1 aliphatic heterocycles. The van der Waals surface area contributed by atoms with Crippen LogP contribution in [-0.4, -0.2) is 42.7 Å². The number of hydrogen-bond donors (Lipinski definition) is 2. The van der Waals surface area contributed by atoms with Crippen molar-refractivity contribution in [3.63, 3.8) is 0 Å². The number of hydrogen-bond acceptors (Lipinski definition) is 6. The molecule has 0 saturated carbocycles. The van der Waals surface area contributed by atoms with Gasteiger partial charge in [-0.05, 0) is 18.9 Å². The zero-order chi connectivity index (χ0) is 14.7. The Bertz CT molecular complexity index is 603. The molecule has 3 rings (SSSR count). The molecule has 0 spiro atoms. The first kappa shape index (κ1) is 14.5. The summed E-state index contributed by atoms with van der Waals surface area (Å²) in [6.45, 7) is 9.27. The molecule has 0 bridgehead atoms. The molecule has 3 heterocycles. The van der Waals surface area contributed by atoms with Crippen molar-refractivity contribution in [1.29, 1.82) is 0 Å². The Hall–Kier alpha value is -1.40. The first-order valence-electron chi connectivity index (χ1n) is 7.81. The maximum absolute atomic E-state index is 4.80. The van der Waals surface area contributed by atoms with Crippen molar-refractivity contribution in [1.82, 2.24) is 15.3 Å². The number of anilines is 2. The summed E-state index contributed by atoms with van der Waals surface area (Å²) in [4.78, 5) is 14.3. The highest BCUT2D eigenvalue weighted by Crippen LogP contribution is 2.31. The maximum atomic E-state index is 4.80. The van der Waals surface area contributed by atoms with Crippen LogP contribution in [0.5, 0.6) is 0 Å². The Kier molecular flexibility index (Phi) is 4.55. The topological polar surface area (TPSA) is 53.1 Å². The van der Waals surface area contributed by atoms with Gasteiger partial charge < -0.3 is 15.5 Å². The van der Waals surface area contributed by atoms with Crippen molar-refractivity contribution in [3.8, 4) is 0 Å². The second-order valence-corrected chi connectivity index (χ2v) is 6.44. The van der Waals surface area contributed by atoms with E-state index < -0.39 is 0 Å². The molecule has 0 unspecified atom stereocenters. The van der Waals surface area contributed by atoms with Gasteiger partial charge in [-0.25, -0.2) is 4.98 Å². The third-order valence-corrected chi connectivity index (χ3v) is 4.90. The summed E-state index contributed by atoms with van der Waals surface area (Å²) in [6.07, 6.45) is 2.15. The van der Waals surface area contributed by atoms with Crippen LogP contribution in [0.25, 0.3) is 10.2 Å². The Labute approximate surface area is 129 Å². The van der Waals surface area contributed by atoms with E-state index in [-0.39, 0.29) is 0 Å². The molecule has 0 aromatic carbocycles. The van der Waals surface area contributed by atoms with Crippen molar-refractivity contribution >= 4 is 33.3 Å². The van der Waals surface area contributed by atoms with Crippen LogP contribution in [0.15, 0.2) is 6.07 Å². The molecule has 0 atom stereocenters. The third-order valence-electron chi connectivity index (χ3n) is 3.72. The molecule has 1 saturated heterocycles. The molecule has 21 heavy (non-hydrogen) atoms. The maximum Gasteiger partial charge on any atom is 0.228 e. The zero-order valence-electron chi connectivity index (χ0n) is 12.8. The summed E-state index contributed by atoms with van der Waals surface area (Å²) < 4.78 is 0. The number of piperazine rings is 1. The second-order valence-electron chi connectivity index (χ2n) is 5.32. The fourth-order valence-electron chi connectivity index (χ4n) is 2.52. The van der Waals surface area contributed by atoms with Gasteiger partial charge in [0.2, 0.25) is 5.95 Å². The summed E-state index contributed by atoms with van der Waals surface area (Å²) >= 11 is 1.79. The number of nitrogens with zero attached hydrogens (tertiary/aromatic N) is 3. The lowest BCUT2D eigenvalue weighted by Crippen LogP contribution is -2.44. The van der Waals surface area contributed by atoms with Crippen LogP contribution in [0.4, 0.5) is 11.8 Å². The molecule has 2 aromatic heterocycles. The van der Waals surface area contributed by atoms with E-state index >= 15 is 0 Å². The monoisotopic (exact) mass is 305 g/mol. The van der Waals surface area contributed by atoms with Crippen molar-refractivity contribution in [2.75, 3.05) is 42.9 Å². The van der Waals surface area contributed by atoms with Crippen molar-refractivity contribution in [2.24, 2.45) is 0 Å². The van der Waals surface area contributed by atoms with Gasteiger partial charge in [0.05, 0.1) is 5.39 Å². The number of fused-ring (bicyclic) bond motifs is 1. The van der Waals surface area contributed by atoms with Gasteiger partial charge in [0.25, 0.3) is 0 Å². The Morgan fingerprint density at radius 2 is 2.10 bits per heavy atom. The highest BCUT2D eigenvalue weighted by Gasteiger charge is 2.17. The molecular weight excluding hydrogens is 282 g/mol. The van der Waals surface area contributed by atoms with Gasteiger partial charge in [0, 0.05) is 37.6 Å². The van der Waals surface area contributed by atoms with Crippen molar-refractivity contribution in [3.05, 3.63) is 10.9 Å². The fourth-order valence-corrected chi connectivity index (χ4v) is 3.48. The first-order chi connectivity index (χ1) is 10.3. The fraction of sp³-hybridized carbons (Fsp3) is 0.600. The van der Waals surface area contributed by atoms with E-state index in [2.05, 4.69) is 35.4 Å². The second kappa shape index (κ2) is 6.58. The van der Waals surface area contributed by atoms with E-state index in [4.69, 9.17) is 9.97 Å². The van der Waals surface area contributed by atoms with Crippen LogP contribution < -0.4 is 15.5 Å². The van der Waals surface area contributed by atoms with Crippen LogP contribution in [-0.2, 0) is 6.42 Å². The number of aryl methyl sites for hydroxylation is 1. The smallest absolute Gasteiger partial charge is 0.228 e. The molecule has 0 amide bonds. The number of aromatic nitrogens is 2. The predicted octanol–water partition coefficient (Wildman–Crippen LogP) is 2.49. The lowest BCUT2D eigenvalue weighted by Gasteiger charge is -2.27. The minimum Gasteiger partial charge on any atom is -0.369 e. The Balaban J connectivity index is 2.00. The molecule has 1 aliphatic rings. The minimum absolute atomic E-state index is 0.868. The van der Waals surface area contributed by atoms with Crippen LogP contribution in [0, 0.1) is 0 Å². The lowest BCUT2D eigenvalue weighted by molar-refractivity contribution is 0.581. The normalized spacial score (nSPS) is 15.6. The molecule has 6 heteroatoms. The molecule has 5 nitrogen and oxygen atoms in total. The molecule has 114 valence electrons. The predicted molar refractivity (Wildman–Crippen MR) is 90.7 cm³/mol. The number of nitrogens with one attached hydrogen (secondary N) is 2. The van der Waals surface area contributed by atoms with Gasteiger partial charge in [-0.3, -0.25) is 0 Å². The summed E-state index contributed by atoms with van der Waals surface area (Å²) in [5, 5.41) is 8.01. The summed E-state index contributed by atoms with van der Waals surface area (Å²) in [6, 6.07) is 2.24. The van der Waals surface area contributed by atoms with Crippen LogP contribution in [0.1, 0.15) is 25.1 Å². The summed E-state index contributed by atoms with van der Waals surface area (Å²) in [5.74, 6) is 1.86. The molecule has 2 N–H and O–H groups in total. The highest BCUT2D eigenvalue weighted by atomic mass is 32.1. The van der Waals surface area contributed by atoms with Gasteiger partial charge in [-0.15, -0.1) is 11.3 Å².